The number of carbonyl (C=O) groups is 2. The molecule has 7 nitrogen and oxygen atoms in total. The summed E-state index contributed by atoms with van der Waals surface area (Å²) in [6.45, 7) is 1.83. The van der Waals surface area contributed by atoms with Crippen molar-refractivity contribution in [3.63, 3.8) is 0 Å². The SMILES string of the molecule is C[C@H](NC(=O)c1ccc(Cl)cc1)c1nnc(SCC(=O)Nc2cccc3ccccc23)n1C. The number of nitrogens with zero attached hydrogens (tertiary/aromatic N) is 3. The normalized spacial score (nSPS) is 11.8. The van der Waals surface area contributed by atoms with Gasteiger partial charge in [0.2, 0.25) is 5.91 Å². The van der Waals surface area contributed by atoms with E-state index in [1.54, 1.807) is 28.8 Å². The lowest BCUT2D eigenvalue weighted by Crippen LogP contribution is -2.28. The van der Waals surface area contributed by atoms with Crippen LogP contribution in [0.15, 0.2) is 71.9 Å². The van der Waals surface area contributed by atoms with Gasteiger partial charge in [-0.15, -0.1) is 10.2 Å². The number of amides is 2. The van der Waals surface area contributed by atoms with Crippen LogP contribution in [-0.4, -0.2) is 32.3 Å². The van der Waals surface area contributed by atoms with Crippen LogP contribution in [0.4, 0.5) is 5.69 Å². The predicted molar refractivity (Wildman–Crippen MR) is 132 cm³/mol. The Morgan fingerprint density at radius 2 is 1.76 bits per heavy atom. The summed E-state index contributed by atoms with van der Waals surface area (Å²) in [6, 6.07) is 20.0. The zero-order chi connectivity index (χ0) is 23.4. The first-order valence-electron chi connectivity index (χ1n) is 10.3. The van der Waals surface area contributed by atoms with Gasteiger partial charge in [0.05, 0.1) is 11.8 Å². The second-order valence-electron chi connectivity index (χ2n) is 7.47. The fraction of sp³-hybridized carbons (Fsp3) is 0.167. The summed E-state index contributed by atoms with van der Waals surface area (Å²) in [5.74, 6) is 0.408. The van der Waals surface area contributed by atoms with E-state index in [0.29, 0.717) is 21.6 Å². The van der Waals surface area contributed by atoms with Crippen molar-refractivity contribution in [2.24, 2.45) is 7.05 Å². The number of aromatic nitrogens is 3. The Labute approximate surface area is 200 Å². The largest absolute Gasteiger partial charge is 0.342 e. The molecule has 0 spiro atoms. The zero-order valence-electron chi connectivity index (χ0n) is 18.1. The molecule has 9 heteroatoms. The van der Waals surface area contributed by atoms with Gasteiger partial charge in [0.25, 0.3) is 5.91 Å². The third-order valence-corrected chi connectivity index (χ3v) is 6.38. The van der Waals surface area contributed by atoms with Gasteiger partial charge in [-0.3, -0.25) is 9.59 Å². The zero-order valence-corrected chi connectivity index (χ0v) is 19.7. The smallest absolute Gasteiger partial charge is 0.251 e. The molecule has 0 saturated heterocycles. The lowest BCUT2D eigenvalue weighted by Gasteiger charge is -2.13. The molecule has 0 radical (unpaired) electrons. The van der Waals surface area contributed by atoms with Crippen molar-refractivity contribution in [1.82, 2.24) is 20.1 Å². The van der Waals surface area contributed by atoms with Crippen LogP contribution in [0.2, 0.25) is 5.02 Å². The fourth-order valence-electron chi connectivity index (χ4n) is 3.43. The number of rotatable bonds is 7. The van der Waals surface area contributed by atoms with E-state index in [1.807, 2.05) is 56.4 Å². The van der Waals surface area contributed by atoms with E-state index >= 15 is 0 Å². The Morgan fingerprint density at radius 3 is 2.55 bits per heavy atom. The van der Waals surface area contributed by atoms with Gasteiger partial charge in [0.1, 0.15) is 0 Å². The highest BCUT2D eigenvalue weighted by Crippen LogP contribution is 2.24. The van der Waals surface area contributed by atoms with Crippen LogP contribution in [0.5, 0.6) is 0 Å². The minimum atomic E-state index is -0.371. The first-order valence-corrected chi connectivity index (χ1v) is 11.6. The van der Waals surface area contributed by atoms with Crippen LogP contribution in [0, 0.1) is 0 Å². The van der Waals surface area contributed by atoms with E-state index in [-0.39, 0.29) is 23.6 Å². The maximum Gasteiger partial charge on any atom is 0.251 e. The molecule has 2 amide bonds. The standard InChI is InChI=1S/C24H22ClN5O2S/c1-15(26-23(32)17-10-12-18(25)13-11-17)22-28-29-24(30(22)2)33-14-21(31)27-20-9-5-7-16-6-3-4-8-19(16)20/h3-13,15H,14H2,1-2H3,(H,26,32)(H,27,31)/t15-/m0/s1. The fourth-order valence-corrected chi connectivity index (χ4v) is 4.27. The van der Waals surface area contributed by atoms with Crippen molar-refractivity contribution >= 4 is 51.6 Å². The van der Waals surface area contributed by atoms with Crippen molar-refractivity contribution < 1.29 is 9.59 Å². The third-order valence-electron chi connectivity index (χ3n) is 5.11. The van der Waals surface area contributed by atoms with Gasteiger partial charge in [-0.2, -0.15) is 0 Å². The number of hydrogen-bond acceptors (Lipinski definition) is 5. The molecule has 168 valence electrons. The molecule has 0 aliphatic heterocycles. The summed E-state index contributed by atoms with van der Waals surface area (Å²) in [5, 5.41) is 17.5. The second-order valence-corrected chi connectivity index (χ2v) is 8.84. The Morgan fingerprint density at radius 1 is 1.03 bits per heavy atom. The van der Waals surface area contributed by atoms with Gasteiger partial charge in [-0.25, -0.2) is 0 Å². The minimum absolute atomic E-state index is 0.134. The van der Waals surface area contributed by atoms with E-state index in [0.717, 1.165) is 16.5 Å². The van der Waals surface area contributed by atoms with Crippen LogP contribution in [0.3, 0.4) is 0 Å². The lowest BCUT2D eigenvalue weighted by molar-refractivity contribution is -0.113. The molecular formula is C24H22ClN5O2S. The van der Waals surface area contributed by atoms with Gasteiger partial charge >= 0.3 is 0 Å². The van der Waals surface area contributed by atoms with Crippen molar-refractivity contribution in [3.05, 3.63) is 83.1 Å². The van der Waals surface area contributed by atoms with Crippen LogP contribution in [0.1, 0.15) is 29.1 Å². The monoisotopic (exact) mass is 479 g/mol. The van der Waals surface area contributed by atoms with Crippen LogP contribution in [0.25, 0.3) is 10.8 Å². The summed E-state index contributed by atoms with van der Waals surface area (Å²) in [7, 11) is 1.81. The maximum absolute atomic E-state index is 12.6. The molecule has 0 bridgehead atoms. The lowest BCUT2D eigenvalue weighted by atomic mass is 10.1. The van der Waals surface area contributed by atoms with E-state index < -0.39 is 0 Å². The van der Waals surface area contributed by atoms with E-state index in [1.165, 1.54) is 11.8 Å². The Kier molecular flexibility index (Phi) is 6.96. The molecule has 0 aliphatic carbocycles. The first kappa shape index (κ1) is 22.8. The van der Waals surface area contributed by atoms with Gasteiger partial charge in [-0.1, -0.05) is 59.8 Å². The summed E-state index contributed by atoms with van der Waals surface area (Å²) in [6.07, 6.45) is 0. The first-order chi connectivity index (χ1) is 15.9. The average Bonchev–Trinajstić information content (AvgIpc) is 3.18. The van der Waals surface area contributed by atoms with Gasteiger partial charge in [0, 0.05) is 28.7 Å². The number of halogens is 1. The summed E-state index contributed by atoms with van der Waals surface area (Å²) >= 11 is 7.17. The topological polar surface area (TPSA) is 88.9 Å². The van der Waals surface area contributed by atoms with Crippen molar-refractivity contribution in [2.45, 2.75) is 18.1 Å². The summed E-state index contributed by atoms with van der Waals surface area (Å²) in [5.41, 5.74) is 1.28. The van der Waals surface area contributed by atoms with E-state index in [4.69, 9.17) is 11.6 Å². The van der Waals surface area contributed by atoms with E-state index in [2.05, 4.69) is 20.8 Å². The predicted octanol–water partition coefficient (Wildman–Crippen LogP) is 4.84. The van der Waals surface area contributed by atoms with Gasteiger partial charge in [0.15, 0.2) is 11.0 Å². The third kappa shape index (κ3) is 5.35. The van der Waals surface area contributed by atoms with Crippen molar-refractivity contribution in [3.8, 4) is 0 Å². The molecule has 3 aromatic carbocycles. The Balaban J connectivity index is 1.37. The molecule has 1 heterocycles. The van der Waals surface area contributed by atoms with Crippen LogP contribution < -0.4 is 10.6 Å². The molecule has 1 aromatic heterocycles. The Hall–Kier alpha value is -3.36. The summed E-state index contributed by atoms with van der Waals surface area (Å²) < 4.78 is 1.78. The number of hydrogen-bond donors (Lipinski definition) is 2. The number of benzene rings is 3. The summed E-state index contributed by atoms with van der Waals surface area (Å²) in [4.78, 5) is 25.0. The molecular weight excluding hydrogens is 458 g/mol. The number of fused-ring (bicyclic) bond motifs is 1. The minimum Gasteiger partial charge on any atom is -0.342 e. The molecule has 4 aromatic rings. The average molecular weight is 480 g/mol. The van der Waals surface area contributed by atoms with Crippen LogP contribution in [-0.2, 0) is 11.8 Å². The van der Waals surface area contributed by atoms with Gasteiger partial charge in [-0.05, 0) is 42.6 Å². The molecule has 0 unspecified atom stereocenters. The molecule has 0 aliphatic rings. The molecule has 4 rings (SSSR count). The highest BCUT2D eigenvalue weighted by molar-refractivity contribution is 7.99. The van der Waals surface area contributed by atoms with Crippen LogP contribution >= 0.6 is 23.4 Å². The molecule has 0 saturated carbocycles. The number of anilines is 1. The molecule has 33 heavy (non-hydrogen) atoms. The number of thioether (sulfide) groups is 1. The highest BCUT2D eigenvalue weighted by atomic mass is 35.5. The van der Waals surface area contributed by atoms with E-state index in [9.17, 15) is 9.59 Å². The van der Waals surface area contributed by atoms with Gasteiger partial charge < -0.3 is 15.2 Å². The van der Waals surface area contributed by atoms with Crippen molar-refractivity contribution in [1.29, 1.82) is 0 Å². The molecule has 1 atom stereocenters. The number of carbonyl (C=O) groups excluding carboxylic acids is 2. The highest BCUT2D eigenvalue weighted by Gasteiger charge is 2.19. The number of nitrogens with one attached hydrogen (secondary N) is 2. The molecule has 0 fully saturated rings. The quantitative estimate of drug-likeness (QED) is 0.370. The molecule has 2 N–H and O–H groups in total. The second kappa shape index (κ2) is 10.1. The Bertz CT molecular complexity index is 1300. The van der Waals surface area contributed by atoms with Crippen molar-refractivity contribution in [2.75, 3.05) is 11.1 Å². The maximum atomic E-state index is 12.6.